The number of hydrogen-bond acceptors (Lipinski definition) is 6. The Balaban J connectivity index is 1.53. The maximum absolute atomic E-state index is 14.0. The topological polar surface area (TPSA) is 81.4 Å². The molecule has 0 bridgehead atoms. The van der Waals surface area contributed by atoms with E-state index in [1.165, 1.54) is 30.7 Å². The molecule has 1 aliphatic heterocycles. The van der Waals surface area contributed by atoms with E-state index in [1.54, 1.807) is 6.20 Å². The molecule has 8 heteroatoms. The summed E-state index contributed by atoms with van der Waals surface area (Å²) in [6.07, 6.45) is 8.21. The van der Waals surface area contributed by atoms with Gasteiger partial charge in [-0.1, -0.05) is 0 Å². The number of pyridine rings is 2. The molecule has 4 aromatic rings. The Morgan fingerprint density at radius 2 is 1.85 bits per heavy atom. The molecular formula is C25H28FN7. The van der Waals surface area contributed by atoms with Crippen LogP contribution >= 0.6 is 0 Å². The van der Waals surface area contributed by atoms with E-state index in [0.717, 1.165) is 42.1 Å². The average molecular weight is 446 g/mol. The zero-order valence-electron chi connectivity index (χ0n) is 19.3. The van der Waals surface area contributed by atoms with Crippen LogP contribution in [-0.2, 0) is 13.0 Å². The predicted molar refractivity (Wildman–Crippen MR) is 125 cm³/mol. The third-order valence-corrected chi connectivity index (χ3v) is 6.40. The fourth-order valence-corrected chi connectivity index (χ4v) is 4.65. The lowest BCUT2D eigenvalue weighted by atomic mass is 9.92. The number of aryl methyl sites for hydroxylation is 3. The summed E-state index contributed by atoms with van der Waals surface area (Å²) in [7, 11) is 0. The van der Waals surface area contributed by atoms with E-state index in [-0.39, 0.29) is 0 Å². The second-order valence-corrected chi connectivity index (χ2v) is 8.94. The second-order valence-electron chi connectivity index (χ2n) is 8.94. The van der Waals surface area contributed by atoms with Crippen LogP contribution in [-0.4, -0.2) is 42.6 Å². The fourth-order valence-electron chi connectivity index (χ4n) is 4.65. The highest BCUT2D eigenvalue weighted by Crippen LogP contribution is 2.27. The first-order valence-corrected chi connectivity index (χ1v) is 11.5. The van der Waals surface area contributed by atoms with Crippen LogP contribution in [0.3, 0.4) is 0 Å². The number of imidazole rings is 1. The summed E-state index contributed by atoms with van der Waals surface area (Å²) in [6.45, 7) is 8.63. The number of halogens is 1. The minimum absolute atomic E-state index is 0.398. The van der Waals surface area contributed by atoms with Gasteiger partial charge in [-0.15, -0.1) is 0 Å². The highest BCUT2D eigenvalue weighted by molar-refractivity contribution is 5.79. The van der Waals surface area contributed by atoms with Gasteiger partial charge in [-0.05, 0) is 82.3 Å². The first kappa shape index (κ1) is 21.6. The molecule has 1 fully saturated rings. The van der Waals surface area contributed by atoms with Crippen molar-refractivity contribution in [3.63, 3.8) is 0 Å². The standard InChI is InChI=1S/C25H28FN7/c1-15-8-22(9-18-4-6-27-7-5-18)29-12-20(15)14-33-24(19-10-21(26)13-28-11-19)32-23-16(2)30-17(3)31-25(23)33/h8,10-13,18,27H,4-7,9,14H2,1-3H3. The number of aromatic nitrogens is 6. The number of piperidine rings is 1. The van der Waals surface area contributed by atoms with Gasteiger partial charge < -0.3 is 9.88 Å². The van der Waals surface area contributed by atoms with Crippen molar-refractivity contribution >= 4 is 11.2 Å². The Morgan fingerprint density at radius 1 is 1.03 bits per heavy atom. The number of nitrogens with zero attached hydrogens (tertiary/aromatic N) is 6. The van der Waals surface area contributed by atoms with Crippen molar-refractivity contribution in [1.29, 1.82) is 0 Å². The van der Waals surface area contributed by atoms with E-state index < -0.39 is 5.82 Å². The smallest absolute Gasteiger partial charge is 0.164 e. The molecule has 170 valence electrons. The molecule has 0 spiro atoms. The van der Waals surface area contributed by atoms with Crippen molar-refractivity contribution in [2.24, 2.45) is 5.92 Å². The average Bonchev–Trinajstić information content (AvgIpc) is 3.15. The molecule has 5 rings (SSSR count). The van der Waals surface area contributed by atoms with Gasteiger partial charge in [0, 0.05) is 23.7 Å². The molecule has 0 radical (unpaired) electrons. The zero-order chi connectivity index (χ0) is 22.9. The summed E-state index contributed by atoms with van der Waals surface area (Å²) in [6, 6.07) is 3.65. The number of fused-ring (bicyclic) bond motifs is 1. The van der Waals surface area contributed by atoms with Gasteiger partial charge in [-0.2, -0.15) is 0 Å². The predicted octanol–water partition coefficient (Wildman–Crippen LogP) is 3.94. The minimum Gasteiger partial charge on any atom is -0.317 e. The molecule has 1 aliphatic rings. The molecule has 0 amide bonds. The van der Waals surface area contributed by atoms with Gasteiger partial charge >= 0.3 is 0 Å². The van der Waals surface area contributed by atoms with E-state index in [4.69, 9.17) is 9.97 Å². The summed E-state index contributed by atoms with van der Waals surface area (Å²) in [4.78, 5) is 22.7. The monoisotopic (exact) mass is 445 g/mol. The van der Waals surface area contributed by atoms with Crippen LogP contribution in [0.25, 0.3) is 22.6 Å². The maximum Gasteiger partial charge on any atom is 0.164 e. The molecule has 0 aromatic carbocycles. The SMILES string of the molecule is Cc1nc(C)c2nc(-c3cncc(F)c3)n(Cc3cnc(CC4CCNCC4)cc3C)c2n1. The first-order chi connectivity index (χ1) is 16.0. The highest BCUT2D eigenvalue weighted by atomic mass is 19.1. The molecule has 33 heavy (non-hydrogen) atoms. The highest BCUT2D eigenvalue weighted by Gasteiger charge is 2.19. The lowest BCUT2D eigenvalue weighted by Gasteiger charge is -2.22. The Hall–Kier alpha value is -3.26. The van der Waals surface area contributed by atoms with Crippen molar-refractivity contribution in [1.82, 2.24) is 34.8 Å². The third kappa shape index (κ3) is 4.48. The number of hydrogen-bond donors (Lipinski definition) is 1. The third-order valence-electron chi connectivity index (χ3n) is 6.40. The van der Waals surface area contributed by atoms with Crippen LogP contribution in [0, 0.1) is 32.5 Å². The molecule has 1 N–H and O–H groups in total. The Kier molecular flexibility index (Phi) is 5.85. The quantitative estimate of drug-likeness (QED) is 0.501. The van der Waals surface area contributed by atoms with Crippen molar-refractivity contribution in [3.8, 4) is 11.4 Å². The van der Waals surface area contributed by atoms with Gasteiger partial charge in [0.2, 0.25) is 0 Å². The number of rotatable bonds is 5. The normalized spacial score (nSPS) is 14.8. The van der Waals surface area contributed by atoms with Gasteiger partial charge in [-0.25, -0.2) is 19.3 Å². The molecular weight excluding hydrogens is 417 g/mol. The summed E-state index contributed by atoms with van der Waals surface area (Å²) in [5.74, 6) is 1.59. The Bertz CT molecular complexity index is 1310. The van der Waals surface area contributed by atoms with Crippen LogP contribution in [0.5, 0.6) is 0 Å². The van der Waals surface area contributed by atoms with Crippen molar-refractivity contribution in [3.05, 3.63) is 64.9 Å². The van der Waals surface area contributed by atoms with Crippen LogP contribution in [0.15, 0.2) is 30.7 Å². The summed E-state index contributed by atoms with van der Waals surface area (Å²) < 4.78 is 16.0. The second kappa shape index (κ2) is 8.94. The van der Waals surface area contributed by atoms with Gasteiger partial charge in [0.1, 0.15) is 23.0 Å². The lowest BCUT2D eigenvalue weighted by Crippen LogP contribution is -2.28. The molecule has 0 unspecified atom stereocenters. The van der Waals surface area contributed by atoms with Gasteiger partial charge in [0.25, 0.3) is 0 Å². The summed E-state index contributed by atoms with van der Waals surface area (Å²) in [5.41, 5.74) is 6.27. The molecule has 7 nitrogen and oxygen atoms in total. The lowest BCUT2D eigenvalue weighted by molar-refractivity contribution is 0.370. The maximum atomic E-state index is 14.0. The summed E-state index contributed by atoms with van der Waals surface area (Å²) >= 11 is 0. The molecule has 0 saturated carbocycles. The fraction of sp³-hybridized carbons (Fsp3) is 0.400. The van der Waals surface area contributed by atoms with Crippen LogP contribution in [0.1, 0.15) is 41.2 Å². The number of nitrogens with one attached hydrogen (secondary N) is 1. The molecule has 0 aliphatic carbocycles. The van der Waals surface area contributed by atoms with E-state index in [1.807, 2.05) is 24.6 Å². The molecule has 0 atom stereocenters. The van der Waals surface area contributed by atoms with Gasteiger partial charge in [0.15, 0.2) is 5.65 Å². The van der Waals surface area contributed by atoms with Crippen molar-refractivity contribution in [2.45, 2.75) is 46.6 Å². The zero-order valence-corrected chi connectivity index (χ0v) is 19.3. The van der Waals surface area contributed by atoms with E-state index in [9.17, 15) is 4.39 Å². The minimum atomic E-state index is -0.398. The van der Waals surface area contributed by atoms with E-state index in [0.29, 0.717) is 35.2 Å². The van der Waals surface area contributed by atoms with E-state index >= 15 is 0 Å². The van der Waals surface area contributed by atoms with Gasteiger partial charge in [-0.3, -0.25) is 9.97 Å². The first-order valence-electron chi connectivity index (χ1n) is 11.5. The molecule has 5 heterocycles. The summed E-state index contributed by atoms with van der Waals surface area (Å²) in [5, 5.41) is 3.42. The van der Waals surface area contributed by atoms with E-state index in [2.05, 4.69) is 33.3 Å². The molecule has 1 saturated heterocycles. The van der Waals surface area contributed by atoms with Crippen LogP contribution in [0.2, 0.25) is 0 Å². The van der Waals surface area contributed by atoms with Crippen molar-refractivity contribution < 1.29 is 4.39 Å². The largest absolute Gasteiger partial charge is 0.317 e. The molecule has 4 aromatic heterocycles. The Labute approximate surface area is 192 Å². The van der Waals surface area contributed by atoms with Gasteiger partial charge in [0.05, 0.1) is 18.4 Å². The van der Waals surface area contributed by atoms with Crippen LogP contribution < -0.4 is 5.32 Å². The Morgan fingerprint density at radius 3 is 2.61 bits per heavy atom. The van der Waals surface area contributed by atoms with Crippen molar-refractivity contribution in [2.75, 3.05) is 13.1 Å². The van der Waals surface area contributed by atoms with Crippen LogP contribution in [0.4, 0.5) is 4.39 Å².